The average Bonchev–Trinajstić information content (AvgIpc) is 2.96. The first-order valence-electron chi connectivity index (χ1n) is 8.27. The molecule has 0 saturated carbocycles. The summed E-state index contributed by atoms with van der Waals surface area (Å²) in [7, 11) is 0. The Morgan fingerprint density at radius 2 is 1.57 bits per heavy atom. The van der Waals surface area contributed by atoms with Gasteiger partial charge in [-0.1, -0.05) is 0 Å². The second-order valence-corrected chi connectivity index (χ2v) is 17.1. The van der Waals surface area contributed by atoms with E-state index in [1.165, 1.54) is 21.9 Å². The fraction of sp³-hybridized carbons (Fsp3) is 0.182. The van der Waals surface area contributed by atoms with Crippen LogP contribution >= 0.6 is 0 Å². The molecule has 0 radical (unpaired) electrons. The van der Waals surface area contributed by atoms with E-state index in [0.29, 0.717) is 3.17 Å². The van der Waals surface area contributed by atoms with Gasteiger partial charge in [0.2, 0.25) is 0 Å². The summed E-state index contributed by atoms with van der Waals surface area (Å²) in [6.07, 6.45) is 6.07. The van der Waals surface area contributed by atoms with Crippen LogP contribution in [-0.4, -0.2) is 0 Å². The molecular formula is C22H21Hf. The van der Waals surface area contributed by atoms with Crippen molar-refractivity contribution >= 4 is 16.8 Å². The van der Waals surface area contributed by atoms with Crippen LogP contribution in [0.5, 0.6) is 0 Å². The molecule has 0 fully saturated rings. The Balaban J connectivity index is 1.94. The third-order valence-electron chi connectivity index (χ3n) is 5.17. The summed E-state index contributed by atoms with van der Waals surface area (Å²) in [5.41, 5.74) is 4.50. The molecule has 1 aliphatic rings. The number of hydrogen-bond acceptors (Lipinski definition) is 0. The van der Waals surface area contributed by atoms with Crippen molar-refractivity contribution in [2.75, 3.05) is 0 Å². The van der Waals surface area contributed by atoms with Crippen molar-refractivity contribution in [3.8, 4) is 0 Å². The average molecular weight is 464 g/mol. The predicted octanol–water partition coefficient (Wildman–Crippen LogP) is 6.02. The van der Waals surface area contributed by atoms with Gasteiger partial charge < -0.3 is 0 Å². The van der Waals surface area contributed by atoms with Gasteiger partial charge in [-0.2, -0.15) is 0 Å². The van der Waals surface area contributed by atoms with Crippen molar-refractivity contribution in [2.45, 2.75) is 19.0 Å². The SMILES string of the molecule is [CH3][Hf]([CH3])[C]1(Cc2ccccc2)C=Cc2ccc3ccccc3c21. The normalized spacial score (nSPS) is 19.0. The van der Waals surface area contributed by atoms with E-state index in [1.807, 2.05) is 0 Å². The zero-order valence-corrected chi connectivity index (χ0v) is 17.3. The second-order valence-electron chi connectivity index (χ2n) is 6.72. The molecule has 1 aliphatic carbocycles. The van der Waals surface area contributed by atoms with Crippen LogP contribution in [0.2, 0.25) is 9.36 Å². The van der Waals surface area contributed by atoms with Gasteiger partial charge in [-0.25, -0.2) is 0 Å². The summed E-state index contributed by atoms with van der Waals surface area (Å²) in [6, 6.07) is 24.5. The topological polar surface area (TPSA) is 0 Å². The first-order chi connectivity index (χ1) is 11.2. The van der Waals surface area contributed by atoms with Crippen LogP contribution in [0.15, 0.2) is 72.8 Å². The summed E-state index contributed by atoms with van der Waals surface area (Å²) < 4.78 is 5.42. The summed E-state index contributed by atoms with van der Waals surface area (Å²) >= 11 is -1.76. The Hall–Kier alpha value is -1.47. The first kappa shape index (κ1) is 15.1. The molecule has 1 atom stereocenters. The van der Waals surface area contributed by atoms with Crippen LogP contribution in [0.3, 0.4) is 0 Å². The predicted molar refractivity (Wildman–Crippen MR) is 96.5 cm³/mol. The Bertz CT molecular complexity index is 877. The van der Waals surface area contributed by atoms with Gasteiger partial charge in [0.1, 0.15) is 0 Å². The standard InChI is InChI=1S/C20H15.2CH3.Hf/c1-2-6-15(7-3-1)14-18-13-12-17-11-10-16-8-4-5-9-19(16)20(17)18;;;/h1-13H,14H2;2*1H3;. The van der Waals surface area contributed by atoms with Gasteiger partial charge in [-0.15, -0.1) is 0 Å². The van der Waals surface area contributed by atoms with Gasteiger partial charge in [0, 0.05) is 0 Å². The van der Waals surface area contributed by atoms with E-state index in [1.54, 1.807) is 5.56 Å². The number of benzene rings is 3. The van der Waals surface area contributed by atoms with E-state index in [-0.39, 0.29) is 0 Å². The minimum absolute atomic E-state index is 0.294. The molecule has 0 N–H and O–H groups in total. The van der Waals surface area contributed by atoms with Crippen LogP contribution < -0.4 is 0 Å². The molecule has 1 heteroatoms. The van der Waals surface area contributed by atoms with E-state index >= 15 is 0 Å². The molecule has 0 aliphatic heterocycles. The molecule has 23 heavy (non-hydrogen) atoms. The summed E-state index contributed by atoms with van der Waals surface area (Å²) in [5.74, 6) is 0. The van der Waals surface area contributed by atoms with Crippen molar-refractivity contribution in [2.24, 2.45) is 0 Å². The molecule has 0 aromatic heterocycles. The second kappa shape index (κ2) is 5.87. The molecule has 1 unspecified atom stereocenters. The Morgan fingerprint density at radius 1 is 0.826 bits per heavy atom. The van der Waals surface area contributed by atoms with Crippen LogP contribution in [0, 0.1) is 0 Å². The van der Waals surface area contributed by atoms with Crippen molar-refractivity contribution < 1.29 is 21.4 Å². The number of hydrogen-bond donors (Lipinski definition) is 0. The van der Waals surface area contributed by atoms with Crippen LogP contribution in [0.1, 0.15) is 16.7 Å². The summed E-state index contributed by atoms with van der Waals surface area (Å²) in [5, 5.41) is 2.83. The molecule has 4 rings (SSSR count). The van der Waals surface area contributed by atoms with E-state index in [4.69, 9.17) is 0 Å². The summed E-state index contributed by atoms with van der Waals surface area (Å²) in [6.45, 7) is 0. The zero-order chi connectivity index (χ0) is 15.9. The van der Waals surface area contributed by atoms with Crippen LogP contribution in [-0.2, 0) is 31.0 Å². The zero-order valence-electron chi connectivity index (χ0n) is 13.7. The van der Waals surface area contributed by atoms with Gasteiger partial charge in [0.15, 0.2) is 0 Å². The van der Waals surface area contributed by atoms with Crippen molar-refractivity contribution in [3.05, 3.63) is 89.5 Å². The van der Waals surface area contributed by atoms with Crippen molar-refractivity contribution in [3.63, 3.8) is 0 Å². The Kier molecular flexibility index (Phi) is 3.85. The molecule has 0 nitrogen and oxygen atoms in total. The van der Waals surface area contributed by atoms with Gasteiger partial charge in [-0.3, -0.25) is 0 Å². The third kappa shape index (κ3) is 2.46. The van der Waals surface area contributed by atoms with Gasteiger partial charge in [0.25, 0.3) is 0 Å². The van der Waals surface area contributed by atoms with E-state index in [9.17, 15) is 0 Å². The number of fused-ring (bicyclic) bond motifs is 3. The molecule has 0 amide bonds. The molecule has 113 valence electrons. The van der Waals surface area contributed by atoms with E-state index in [2.05, 4.69) is 88.2 Å². The molecule has 0 heterocycles. The monoisotopic (exact) mass is 465 g/mol. The molecular weight excluding hydrogens is 443 g/mol. The van der Waals surface area contributed by atoms with Gasteiger partial charge >= 0.3 is 147 Å². The molecule has 3 aromatic carbocycles. The van der Waals surface area contributed by atoms with Crippen LogP contribution in [0.4, 0.5) is 0 Å². The summed E-state index contributed by atoms with van der Waals surface area (Å²) in [4.78, 5) is 0. The quantitative estimate of drug-likeness (QED) is 0.417. The minimum atomic E-state index is -1.76. The molecule has 3 aromatic rings. The van der Waals surface area contributed by atoms with E-state index in [0.717, 1.165) is 6.42 Å². The van der Waals surface area contributed by atoms with Gasteiger partial charge in [0.05, 0.1) is 0 Å². The van der Waals surface area contributed by atoms with Crippen LogP contribution in [0.25, 0.3) is 16.8 Å². The molecule has 0 bridgehead atoms. The van der Waals surface area contributed by atoms with E-state index < -0.39 is 21.4 Å². The van der Waals surface area contributed by atoms with Crippen molar-refractivity contribution in [1.82, 2.24) is 0 Å². The Labute approximate surface area is 146 Å². The van der Waals surface area contributed by atoms with Crippen molar-refractivity contribution in [1.29, 1.82) is 0 Å². The fourth-order valence-corrected chi connectivity index (χ4v) is 10.2. The number of allylic oxidation sites excluding steroid dienone is 1. The third-order valence-corrected chi connectivity index (χ3v) is 13.7. The first-order valence-corrected chi connectivity index (χ1v) is 17.2. The number of rotatable bonds is 3. The maximum absolute atomic E-state index is 2.56. The molecule has 0 saturated heterocycles. The molecule has 0 spiro atoms. The fourth-order valence-electron chi connectivity index (χ4n) is 3.90. The maximum atomic E-state index is 2.56. The Morgan fingerprint density at radius 3 is 2.35 bits per heavy atom. The van der Waals surface area contributed by atoms with Gasteiger partial charge in [-0.05, 0) is 0 Å².